The van der Waals surface area contributed by atoms with E-state index in [4.69, 9.17) is 4.74 Å². The Hall–Kier alpha value is -3.53. The van der Waals surface area contributed by atoms with Gasteiger partial charge in [-0.25, -0.2) is 0 Å². The van der Waals surface area contributed by atoms with Gasteiger partial charge in [-0.2, -0.15) is 0 Å². The van der Waals surface area contributed by atoms with Crippen LogP contribution >= 0.6 is 0 Å². The van der Waals surface area contributed by atoms with E-state index >= 15 is 0 Å². The van der Waals surface area contributed by atoms with Gasteiger partial charge < -0.3 is 15.0 Å². The Kier molecular flexibility index (Phi) is 5.34. The predicted octanol–water partition coefficient (Wildman–Crippen LogP) is 5.19. The van der Waals surface area contributed by atoms with Gasteiger partial charge in [0.2, 0.25) is 5.91 Å². The summed E-state index contributed by atoms with van der Waals surface area (Å²) < 4.78 is 5.42. The molecule has 4 nitrogen and oxygen atoms in total. The lowest BCUT2D eigenvalue weighted by Crippen LogP contribution is -2.22. The van der Waals surface area contributed by atoms with E-state index < -0.39 is 0 Å². The number of rotatable bonds is 6. The molecule has 0 saturated carbocycles. The minimum absolute atomic E-state index is 0.0174. The van der Waals surface area contributed by atoms with Crippen LogP contribution in [-0.4, -0.2) is 24.5 Å². The molecule has 1 amide bonds. The van der Waals surface area contributed by atoms with Crippen molar-refractivity contribution in [2.75, 3.05) is 13.7 Å². The number of carbonyl (C=O) groups is 1. The van der Waals surface area contributed by atoms with Gasteiger partial charge in [0, 0.05) is 30.1 Å². The van der Waals surface area contributed by atoms with E-state index in [1.54, 1.807) is 14.0 Å². The maximum Gasteiger partial charge on any atom is 0.216 e. The predicted molar refractivity (Wildman–Crippen MR) is 118 cm³/mol. The molecule has 0 aliphatic heterocycles. The maximum absolute atomic E-state index is 11.3. The molecule has 3 aromatic carbocycles. The molecule has 0 bridgehead atoms. The highest BCUT2D eigenvalue weighted by molar-refractivity contribution is 5.92. The number of methoxy groups -OCH3 is 1. The first-order chi connectivity index (χ1) is 14.2. The molecular formula is C25H24N2O2. The second-order valence-corrected chi connectivity index (χ2v) is 7.07. The fraction of sp³-hybridized carbons (Fsp3) is 0.160. The van der Waals surface area contributed by atoms with Crippen LogP contribution in [0, 0.1) is 0 Å². The fourth-order valence-corrected chi connectivity index (χ4v) is 3.68. The van der Waals surface area contributed by atoms with Crippen molar-refractivity contribution in [1.82, 2.24) is 10.3 Å². The first kappa shape index (κ1) is 18.8. The summed E-state index contributed by atoms with van der Waals surface area (Å²) in [6, 6.07) is 25.0. The number of aromatic nitrogens is 1. The van der Waals surface area contributed by atoms with Gasteiger partial charge >= 0.3 is 0 Å². The molecular weight excluding hydrogens is 360 g/mol. The first-order valence-electron chi connectivity index (χ1n) is 9.74. The number of nitrogens with one attached hydrogen (secondary N) is 2. The van der Waals surface area contributed by atoms with Crippen molar-refractivity contribution in [3.8, 4) is 28.1 Å². The minimum atomic E-state index is -0.0174. The van der Waals surface area contributed by atoms with Crippen molar-refractivity contribution in [3.63, 3.8) is 0 Å². The number of H-pyrrole nitrogens is 1. The highest BCUT2D eigenvalue weighted by Gasteiger charge is 2.14. The Morgan fingerprint density at radius 2 is 1.62 bits per heavy atom. The molecule has 0 aliphatic rings. The number of benzene rings is 3. The minimum Gasteiger partial charge on any atom is -0.497 e. The summed E-state index contributed by atoms with van der Waals surface area (Å²) in [6.45, 7) is 2.13. The number of fused-ring (bicyclic) bond motifs is 1. The van der Waals surface area contributed by atoms with E-state index in [1.807, 2.05) is 18.2 Å². The van der Waals surface area contributed by atoms with Gasteiger partial charge in [0.25, 0.3) is 0 Å². The van der Waals surface area contributed by atoms with Crippen LogP contribution in [0.2, 0.25) is 0 Å². The highest BCUT2D eigenvalue weighted by Crippen LogP contribution is 2.34. The van der Waals surface area contributed by atoms with Gasteiger partial charge in [0.05, 0.1) is 7.11 Å². The Labute approximate surface area is 170 Å². The molecule has 0 unspecified atom stereocenters. The van der Waals surface area contributed by atoms with Crippen molar-refractivity contribution in [1.29, 1.82) is 0 Å². The first-order valence-corrected chi connectivity index (χ1v) is 9.74. The maximum atomic E-state index is 11.3. The number of hydrogen-bond acceptors (Lipinski definition) is 2. The van der Waals surface area contributed by atoms with Crippen LogP contribution < -0.4 is 10.1 Å². The smallest absolute Gasteiger partial charge is 0.216 e. The van der Waals surface area contributed by atoms with Gasteiger partial charge in [-0.15, -0.1) is 0 Å². The topological polar surface area (TPSA) is 54.1 Å². The quantitative estimate of drug-likeness (QED) is 0.481. The third kappa shape index (κ3) is 4.02. The summed E-state index contributed by atoms with van der Waals surface area (Å²) in [5.74, 6) is 0.805. The van der Waals surface area contributed by atoms with Crippen molar-refractivity contribution in [2.24, 2.45) is 0 Å². The van der Waals surface area contributed by atoms with Gasteiger partial charge in [0.15, 0.2) is 0 Å². The molecule has 0 saturated heterocycles. The Bertz CT molecular complexity index is 1130. The summed E-state index contributed by atoms with van der Waals surface area (Å²) in [5.41, 5.74) is 6.83. The molecule has 0 radical (unpaired) electrons. The van der Waals surface area contributed by atoms with E-state index in [0.717, 1.165) is 34.3 Å². The summed E-state index contributed by atoms with van der Waals surface area (Å²) in [7, 11) is 1.67. The van der Waals surface area contributed by atoms with E-state index in [9.17, 15) is 4.79 Å². The standard InChI is InChI=1S/C25H24N2O2/c1-17(28)26-15-14-22-23-16-21(29-2)12-13-24(23)27-25(22)20-10-8-19(9-11-20)18-6-4-3-5-7-18/h3-13,16,27H,14-15H2,1-2H3,(H,26,28). The molecule has 4 rings (SSSR count). The van der Waals surface area contributed by atoms with Gasteiger partial charge in [-0.1, -0.05) is 54.6 Å². The van der Waals surface area contributed by atoms with Crippen molar-refractivity contribution in [2.45, 2.75) is 13.3 Å². The number of hydrogen-bond donors (Lipinski definition) is 2. The molecule has 146 valence electrons. The summed E-state index contributed by atoms with van der Waals surface area (Å²) in [6.07, 6.45) is 0.739. The number of carbonyl (C=O) groups excluding carboxylic acids is 1. The molecule has 29 heavy (non-hydrogen) atoms. The third-order valence-electron chi connectivity index (χ3n) is 5.14. The van der Waals surface area contributed by atoms with Crippen molar-refractivity contribution < 1.29 is 9.53 Å². The van der Waals surface area contributed by atoms with Crippen LogP contribution in [0.4, 0.5) is 0 Å². The average molecular weight is 384 g/mol. The average Bonchev–Trinajstić information content (AvgIpc) is 3.12. The zero-order chi connectivity index (χ0) is 20.2. The Morgan fingerprint density at radius 1 is 0.931 bits per heavy atom. The summed E-state index contributed by atoms with van der Waals surface area (Å²) in [5, 5.41) is 4.02. The van der Waals surface area contributed by atoms with Crippen molar-refractivity contribution >= 4 is 16.8 Å². The summed E-state index contributed by atoms with van der Waals surface area (Å²) >= 11 is 0. The Balaban J connectivity index is 1.74. The molecule has 4 aromatic rings. The van der Waals surface area contributed by atoms with E-state index in [-0.39, 0.29) is 5.91 Å². The normalized spacial score (nSPS) is 10.8. The number of ether oxygens (including phenoxy) is 1. The molecule has 1 heterocycles. The fourth-order valence-electron chi connectivity index (χ4n) is 3.68. The number of aromatic amines is 1. The van der Waals surface area contributed by atoms with Gasteiger partial charge in [0.1, 0.15) is 5.75 Å². The lowest BCUT2D eigenvalue weighted by molar-refractivity contribution is -0.118. The molecule has 4 heteroatoms. The van der Waals surface area contributed by atoms with Crippen LogP contribution in [0.3, 0.4) is 0 Å². The van der Waals surface area contributed by atoms with Crippen LogP contribution in [0.25, 0.3) is 33.3 Å². The van der Waals surface area contributed by atoms with Crippen LogP contribution in [0.1, 0.15) is 12.5 Å². The molecule has 0 fully saturated rings. The summed E-state index contributed by atoms with van der Waals surface area (Å²) in [4.78, 5) is 14.9. The monoisotopic (exact) mass is 384 g/mol. The highest BCUT2D eigenvalue weighted by atomic mass is 16.5. The van der Waals surface area contributed by atoms with Crippen LogP contribution in [-0.2, 0) is 11.2 Å². The molecule has 1 aromatic heterocycles. The Morgan fingerprint density at radius 3 is 2.31 bits per heavy atom. The van der Waals surface area contributed by atoms with Crippen LogP contribution in [0.5, 0.6) is 5.75 Å². The zero-order valence-electron chi connectivity index (χ0n) is 16.7. The molecule has 0 aliphatic carbocycles. The lowest BCUT2D eigenvalue weighted by atomic mass is 9.99. The molecule has 2 N–H and O–H groups in total. The zero-order valence-corrected chi connectivity index (χ0v) is 16.7. The van der Waals surface area contributed by atoms with Gasteiger partial charge in [-0.05, 0) is 46.9 Å². The van der Waals surface area contributed by atoms with E-state index in [1.165, 1.54) is 16.7 Å². The molecule has 0 spiro atoms. The second kappa shape index (κ2) is 8.23. The SMILES string of the molecule is COc1ccc2[nH]c(-c3ccc(-c4ccccc4)cc3)c(CCNC(C)=O)c2c1. The third-order valence-corrected chi connectivity index (χ3v) is 5.14. The largest absolute Gasteiger partial charge is 0.497 e. The van der Waals surface area contributed by atoms with Crippen LogP contribution in [0.15, 0.2) is 72.8 Å². The van der Waals surface area contributed by atoms with Crippen molar-refractivity contribution in [3.05, 3.63) is 78.4 Å². The second-order valence-electron chi connectivity index (χ2n) is 7.07. The molecule has 0 atom stereocenters. The van der Waals surface area contributed by atoms with E-state index in [2.05, 4.69) is 64.9 Å². The van der Waals surface area contributed by atoms with Gasteiger partial charge in [-0.3, -0.25) is 4.79 Å². The van der Waals surface area contributed by atoms with E-state index in [0.29, 0.717) is 6.54 Å². The number of amides is 1. The lowest BCUT2D eigenvalue weighted by Gasteiger charge is -2.08.